The molecule has 1 atom stereocenters. The fourth-order valence-corrected chi connectivity index (χ4v) is 2.63. The molecular weight excluding hydrogens is 128 g/mol. The molecule has 9 heavy (non-hydrogen) atoms. The molecule has 0 nitrogen and oxygen atoms in total. The molecule has 0 spiro atoms. The molecule has 1 saturated heterocycles. The Morgan fingerprint density at radius 2 is 2.56 bits per heavy atom. The van der Waals surface area contributed by atoms with Crippen LogP contribution in [0.1, 0.15) is 6.42 Å². The van der Waals surface area contributed by atoms with Crippen LogP contribution in [0.4, 0.5) is 0 Å². The molecule has 0 bridgehead atoms. The van der Waals surface area contributed by atoms with E-state index >= 15 is 0 Å². The van der Waals surface area contributed by atoms with Crippen LogP contribution in [-0.4, -0.2) is 11.5 Å². The molecular formula is C8H10S. The van der Waals surface area contributed by atoms with Crippen molar-refractivity contribution >= 4 is 11.8 Å². The Hall–Kier alpha value is -0.170. The molecule has 0 saturated carbocycles. The number of hydrogen-bond acceptors (Lipinski definition) is 1. The summed E-state index contributed by atoms with van der Waals surface area (Å²) in [6.07, 6.45) is 8.19. The van der Waals surface area contributed by atoms with E-state index in [1.807, 2.05) is 0 Å². The summed E-state index contributed by atoms with van der Waals surface area (Å²) in [7, 11) is 0. The van der Waals surface area contributed by atoms with E-state index in [1.54, 1.807) is 5.57 Å². The van der Waals surface area contributed by atoms with Crippen molar-refractivity contribution in [2.24, 2.45) is 5.92 Å². The van der Waals surface area contributed by atoms with Gasteiger partial charge in [0.05, 0.1) is 0 Å². The fraction of sp³-hybridized carbons (Fsp3) is 0.500. The quantitative estimate of drug-likeness (QED) is 0.463. The van der Waals surface area contributed by atoms with Crippen molar-refractivity contribution in [1.29, 1.82) is 0 Å². The summed E-state index contributed by atoms with van der Waals surface area (Å²) in [5.41, 5.74) is 1.67. The lowest BCUT2D eigenvalue weighted by molar-refractivity contribution is 0.880. The van der Waals surface area contributed by atoms with Gasteiger partial charge in [-0.2, -0.15) is 11.8 Å². The lowest BCUT2D eigenvalue weighted by Crippen LogP contribution is -1.99. The Morgan fingerprint density at radius 3 is 3.44 bits per heavy atom. The van der Waals surface area contributed by atoms with Gasteiger partial charge in [0.1, 0.15) is 0 Å². The van der Waals surface area contributed by atoms with Crippen LogP contribution in [0.25, 0.3) is 0 Å². The highest BCUT2D eigenvalue weighted by Gasteiger charge is 2.19. The monoisotopic (exact) mass is 138 g/mol. The minimum atomic E-state index is 0.809. The summed E-state index contributed by atoms with van der Waals surface area (Å²) in [5.74, 6) is 3.42. The van der Waals surface area contributed by atoms with Gasteiger partial charge in [-0.25, -0.2) is 0 Å². The predicted molar refractivity (Wildman–Crippen MR) is 42.7 cm³/mol. The molecule has 2 aliphatic rings. The van der Waals surface area contributed by atoms with Gasteiger partial charge in [-0.05, 0) is 6.42 Å². The molecule has 1 heterocycles. The van der Waals surface area contributed by atoms with Crippen LogP contribution in [0.15, 0.2) is 23.8 Å². The van der Waals surface area contributed by atoms with Crippen molar-refractivity contribution in [3.63, 3.8) is 0 Å². The Labute approximate surface area is 60.0 Å². The summed E-state index contributed by atoms with van der Waals surface area (Å²) >= 11 is 2.06. The number of allylic oxidation sites excluding steroid dienone is 3. The van der Waals surface area contributed by atoms with E-state index in [0.29, 0.717) is 0 Å². The van der Waals surface area contributed by atoms with E-state index < -0.39 is 0 Å². The first-order valence-corrected chi connectivity index (χ1v) is 4.55. The van der Waals surface area contributed by atoms with E-state index in [2.05, 4.69) is 30.0 Å². The molecule has 0 radical (unpaired) electrons. The average Bonchev–Trinajstić information content (AvgIpc) is 2.33. The molecule has 0 aromatic carbocycles. The zero-order valence-corrected chi connectivity index (χ0v) is 6.16. The summed E-state index contributed by atoms with van der Waals surface area (Å²) in [6, 6.07) is 0. The minimum Gasteiger partial charge on any atom is -0.157 e. The molecule has 48 valence electrons. The second kappa shape index (κ2) is 2.22. The molecule has 1 fully saturated rings. The van der Waals surface area contributed by atoms with Gasteiger partial charge in [0.2, 0.25) is 0 Å². The Morgan fingerprint density at radius 1 is 1.56 bits per heavy atom. The third-order valence-electron chi connectivity index (χ3n) is 1.93. The first kappa shape index (κ1) is 5.60. The van der Waals surface area contributed by atoms with Crippen LogP contribution >= 0.6 is 11.8 Å². The lowest BCUT2D eigenvalue weighted by atomic mass is 9.97. The molecule has 0 aromatic rings. The fourth-order valence-electron chi connectivity index (χ4n) is 1.37. The zero-order chi connectivity index (χ0) is 6.10. The van der Waals surface area contributed by atoms with Gasteiger partial charge in [0.25, 0.3) is 0 Å². The average molecular weight is 138 g/mol. The van der Waals surface area contributed by atoms with Crippen LogP contribution in [0.3, 0.4) is 0 Å². The first-order valence-electron chi connectivity index (χ1n) is 3.40. The summed E-state index contributed by atoms with van der Waals surface area (Å²) in [5, 5.41) is 0. The van der Waals surface area contributed by atoms with Gasteiger partial charge in [0.15, 0.2) is 0 Å². The Bertz CT molecular complexity index is 167. The molecule has 1 aliphatic heterocycles. The van der Waals surface area contributed by atoms with Crippen LogP contribution in [0.2, 0.25) is 0 Å². The molecule has 1 aliphatic carbocycles. The second-order valence-electron chi connectivity index (χ2n) is 2.56. The number of thioether (sulfide) groups is 1. The van der Waals surface area contributed by atoms with E-state index in [4.69, 9.17) is 0 Å². The summed E-state index contributed by atoms with van der Waals surface area (Å²) < 4.78 is 0. The van der Waals surface area contributed by atoms with Crippen molar-refractivity contribution in [1.82, 2.24) is 0 Å². The third-order valence-corrected chi connectivity index (χ3v) is 3.06. The van der Waals surface area contributed by atoms with E-state index in [1.165, 1.54) is 17.9 Å². The van der Waals surface area contributed by atoms with Crippen molar-refractivity contribution in [2.45, 2.75) is 6.42 Å². The highest BCUT2D eigenvalue weighted by Crippen LogP contribution is 2.32. The number of rotatable bonds is 0. The lowest BCUT2D eigenvalue weighted by Gasteiger charge is -2.08. The largest absolute Gasteiger partial charge is 0.157 e. The van der Waals surface area contributed by atoms with Crippen LogP contribution in [0, 0.1) is 5.92 Å². The Kier molecular flexibility index (Phi) is 1.38. The van der Waals surface area contributed by atoms with Crippen molar-refractivity contribution in [2.75, 3.05) is 11.5 Å². The minimum absolute atomic E-state index is 0.809. The number of hydrogen-bond donors (Lipinski definition) is 0. The molecule has 2 rings (SSSR count). The van der Waals surface area contributed by atoms with Crippen LogP contribution in [-0.2, 0) is 0 Å². The van der Waals surface area contributed by atoms with Gasteiger partial charge in [0, 0.05) is 17.4 Å². The maximum atomic E-state index is 2.38. The van der Waals surface area contributed by atoms with E-state index in [9.17, 15) is 0 Å². The smallest absolute Gasteiger partial charge is 0.0149 e. The van der Waals surface area contributed by atoms with Crippen LogP contribution in [0.5, 0.6) is 0 Å². The maximum absolute atomic E-state index is 2.38. The molecule has 1 heteroatoms. The first-order chi connectivity index (χ1) is 4.47. The predicted octanol–water partition coefficient (Wildman–Crippen LogP) is 2.24. The van der Waals surface area contributed by atoms with Gasteiger partial charge < -0.3 is 0 Å². The number of fused-ring (bicyclic) bond motifs is 1. The van der Waals surface area contributed by atoms with Gasteiger partial charge in [-0.15, -0.1) is 0 Å². The second-order valence-corrected chi connectivity index (χ2v) is 3.59. The van der Waals surface area contributed by atoms with Crippen molar-refractivity contribution in [3.05, 3.63) is 23.8 Å². The highest BCUT2D eigenvalue weighted by molar-refractivity contribution is 7.99. The van der Waals surface area contributed by atoms with Crippen molar-refractivity contribution in [3.8, 4) is 0 Å². The van der Waals surface area contributed by atoms with Gasteiger partial charge in [-0.3, -0.25) is 0 Å². The maximum Gasteiger partial charge on any atom is 0.0149 e. The van der Waals surface area contributed by atoms with Gasteiger partial charge in [-0.1, -0.05) is 23.8 Å². The SMILES string of the molecule is C1=CC2CSCC2=CC1. The summed E-state index contributed by atoms with van der Waals surface area (Å²) in [4.78, 5) is 0. The molecule has 0 aromatic heterocycles. The molecule has 1 unspecified atom stereocenters. The molecule has 0 N–H and O–H groups in total. The summed E-state index contributed by atoms with van der Waals surface area (Å²) in [6.45, 7) is 0. The van der Waals surface area contributed by atoms with E-state index in [0.717, 1.165) is 5.92 Å². The highest BCUT2D eigenvalue weighted by atomic mass is 32.2. The normalized spacial score (nSPS) is 32.0. The molecule has 0 amide bonds. The third kappa shape index (κ3) is 0.940. The van der Waals surface area contributed by atoms with E-state index in [-0.39, 0.29) is 0 Å². The van der Waals surface area contributed by atoms with Crippen LogP contribution < -0.4 is 0 Å². The zero-order valence-electron chi connectivity index (χ0n) is 5.34. The van der Waals surface area contributed by atoms with Crippen molar-refractivity contribution < 1.29 is 0 Å². The Balaban J connectivity index is 2.22. The standard InChI is InChI=1S/C8H10S/c1-2-4-8-6-9-5-7(8)3-1/h1,3-4,7H,2,5-6H2. The topological polar surface area (TPSA) is 0 Å². The van der Waals surface area contributed by atoms with Gasteiger partial charge >= 0.3 is 0 Å².